The van der Waals surface area contributed by atoms with E-state index in [1.54, 1.807) is 13.8 Å². The molecule has 0 aromatic rings. The van der Waals surface area contributed by atoms with E-state index in [0.29, 0.717) is 0 Å². The molecule has 0 unspecified atom stereocenters. The Hall–Kier alpha value is -1.24. The normalized spacial score (nSPS) is 13.9. The van der Waals surface area contributed by atoms with E-state index in [-0.39, 0.29) is 17.6 Å². The molecule has 4 N–H and O–H groups in total. The van der Waals surface area contributed by atoms with Crippen molar-refractivity contribution in [1.29, 1.82) is 0 Å². The molecule has 0 rings (SSSR count). The summed E-state index contributed by atoms with van der Waals surface area (Å²) in [6, 6.07) is -1.52. The summed E-state index contributed by atoms with van der Waals surface area (Å²) in [6.45, 7) is 4.84. The number of hydrogen-bond acceptors (Lipinski definition) is 4. The number of nitrogens with two attached hydrogens (primary N) is 1. The number of nitrogens with one attached hydrogen (secondary N) is 2. The zero-order chi connectivity index (χ0) is 13.6. The van der Waals surface area contributed by atoms with Gasteiger partial charge in [0.1, 0.15) is 12.1 Å². The number of hydrogen-bond donors (Lipinski definition) is 4. The van der Waals surface area contributed by atoms with E-state index in [9.17, 15) is 14.4 Å². The second-order valence-corrected chi connectivity index (χ2v) is 4.43. The number of rotatable bonds is 6. The van der Waals surface area contributed by atoms with E-state index in [4.69, 9.17) is 5.73 Å². The number of carbonyl (C=O) groups is 3. The minimum atomic E-state index is -0.767. The predicted octanol–water partition coefficient (Wildman–Crippen LogP) is -0.953. The van der Waals surface area contributed by atoms with Gasteiger partial charge in [-0.25, -0.2) is 0 Å². The van der Waals surface area contributed by atoms with Crippen molar-refractivity contribution in [2.24, 2.45) is 11.7 Å². The zero-order valence-corrected chi connectivity index (χ0v) is 11.1. The molecule has 2 atom stereocenters. The first-order chi connectivity index (χ1) is 7.79. The first-order valence-corrected chi connectivity index (χ1v) is 5.90. The van der Waals surface area contributed by atoms with Crippen LogP contribution in [-0.2, 0) is 14.4 Å². The lowest BCUT2D eigenvalue weighted by Crippen LogP contribution is -2.55. The molecule has 0 aliphatic carbocycles. The van der Waals surface area contributed by atoms with Gasteiger partial charge in [-0.05, 0) is 5.92 Å². The van der Waals surface area contributed by atoms with Crippen LogP contribution < -0.4 is 16.4 Å². The highest BCUT2D eigenvalue weighted by molar-refractivity contribution is 7.80. The SMILES string of the molecule is CC(=O)N[C@@H](CS)C(=O)N[C@H](C(N)=O)C(C)C. The Balaban J connectivity index is 4.57. The molecule has 0 saturated carbocycles. The lowest BCUT2D eigenvalue weighted by atomic mass is 10.0. The van der Waals surface area contributed by atoms with Crippen LogP contribution in [0.3, 0.4) is 0 Å². The highest BCUT2D eigenvalue weighted by Gasteiger charge is 2.25. The molecule has 0 fully saturated rings. The van der Waals surface area contributed by atoms with Crippen LogP contribution in [0.2, 0.25) is 0 Å². The molecule has 3 amide bonds. The Bertz CT molecular complexity index is 307. The summed E-state index contributed by atoms with van der Waals surface area (Å²) >= 11 is 3.96. The summed E-state index contributed by atoms with van der Waals surface area (Å²) in [4.78, 5) is 33.7. The molecule has 7 heteroatoms. The van der Waals surface area contributed by atoms with Crippen molar-refractivity contribution in [1.82, 2.24) is 10.6 Å². The average Bonchev–Trinajstić information content (AvgIpc) is 2.20. The van der Waals surface area contributed by atoms with Gasteiger partial charge >= 0.3 is 0 Å². The molecule has 0 aliphatic heterocycles. The Morgan fingerprint density at radius 1 is 1.24 bits per heavy atom. The van der Waals surface area contributed by atoms with Crippen molar-refractivity contribution in [3.63, 3.8) is 0 Å². The molecule has 0 bridgehead atoms. The van der Waals surface area contributed by atoms with Crippen molar-refractivity contribution in [2.75, 3.05) is 5.75 Å². The number of thiol groups is 1. The molecular weight excluding hydrogens is 242 g/mol. The van der Waals surface area contributed by atoms with Crippen LogP contribution in [0.1, 0.15) is 20.8 Å². The molecule has 0 heterocycles. The van der Waals surface area contributed by atoms with E-state index >= 15 is 0 Å². The highest BCUT2D eigenvalue weighted by atomic mass is 32.1. The summed E-state index contributed by atoms with van der Waals surface area (Å²) in [5, 5.41) is 4.93. The monoisotopic (exact) mass is 261 g/mol. The van der Waals surface area contributed by atoms with Gasteiger partial charge in [-0.1, -0.05) is 13.8 Å². The van der Waals surface area contributed by atoms with Gasteiger partial charge in [0, 0.05) is 12.7 Å². The molecule has 6 nitrogen and oxygen atoms in total. The Labute approximate surface area is 106 Å². The second kappa shape index (κ2) is 7.16. The van der Waals surface area contributed by atoms with Gasteiger partial charge in [-0.2, -0.15) is 12.6 Å². The predicted molar refractivity (Wildman–Crippen MR) is 67.4 cm³/mol. The van der Waals surface area contributed by atoms with E-state index in [1.807, 2.05) is 0 Å². The molecule has 0 aliphatic rings. The fraction of sp³-hybridized carbons (Fsp3) is 0.700. The minimum Gasteiger partial charge on any atom is -0.368 e. The van der Waals surface area contributed by atoms with Crippen LogP contribution in [0.25, 0.3) is 0 Å². The van der Waals surface area contributed by atoms with Crippen LogP contribution >= 0.6 is 12.6 Å². The quantitative estimate of drug-likeness (QED) is 0.463. The maximum absolute atomic E-state index is 11.7. The van der Waals surface area contributed by atoms with Crippen molar-refractivity contribution in [2.45, 2.75) is 32.9 Å². The molecule has 0 aromatic heterocycles. The van der Waals surface area contributed by atoms with Gasteiger partial charge in [0.2, 0.25) is 17.7 Å². The summed E-state index contributed by atoms with van der Waals surface area (Å²) < 4.78 is 0. The van der Waals surface area contributed by atoms with Crippen LogP contribution in [0.4, 0.5) is 0 Å². The summed E-state index contributed by atoms with van der Waals surface area (Å²) in [5.74, 6) is -1.37. The summed E-state index contributed by atoms with van der Waals surface area (Å²) in [5.41, 5.74) is 5.17. The van der Waals surface area contributed by atoms with Gasteiger partial charge in [0.05, 0.1) is 0 Å². The first kappa shape index (κ1) is 15.8. The zero-order valence-electron chi connectivity index (χ0n) is 10.2. The van der Waals surface area contributed by atoms with Crippen LogP contribution in [-0.4, -0.2) is 35.6 Å². The highest BCUT2D eigenvalue weighted by Crippen LogP contribution is 2.01. The van der Waals surface area contributed by atoms with Gasteiger partial charge in [-0.3, -0.25) is 14.4 Å². The van der Waals surface area contributed by atoms with E-state index < -0.39 is 23.9 Å². The third-order valence-corrected chi connectivity index (χ3v) is 2.51. The van der Waals surface area contributed by atoms with Crippen LogP contribution in [0, 0.1) is 5.92 Å². The van der Waals surface area contributed by atoms with Crippen LogP contribution in [0.5, 0.6) is 0 Å². The van der Waals surface area contributed by atoms with Gasteiger partial charge in [0.25, 0.3) is 0 Å². The molecule has 0 radical (unpaired) electrons. The number of carbonyl (C=O) groups excluding carboxylic acids is 3. The van der Waals surface area contributed by atoms with E-state index in [0.717, 1.165) is 0 Å². The van der Waals surface area contributed by atoms with Crippen molar-refractivity contribution >= 4 is 30.4 Å². The Morgan fingerprint density at radius 3 is 2.06 bits per heavy atom. The standard InChI is InChI=1S/C10H19N3O3S/c1-5(2)8(9(11)15)13-10(16)7(4-17)12-6(3)14/h5,7-8,17H,4H2,1-3H3,(H2,11,15)(H,12,14)(H,13,16)/t7-,8-/m0/s1. The number of amides is 3. The van der Waals surface area contributed by atoms with E-state index in [1.165, 1.54) is 6.92 Å². The summed E-state index contributed by atoms with van der Waals surface area (Å²) in [6.07, 6.45) is 0. The smallest absolute Gasteiger partial charge is 0.244 e. The molecule has 98 valence electrons. The average molecular weight is 261 g/mol. The molecule has 0 spiro atoms. The van der Waals surface area contributed by atoms with Crippen molar-refractivity contribution in [3.05, 3.63) is 0 Å². The molecular formula is C10H19N3O3S. The van der Waals surface area contributed by atoms with E-state index in [2.05, 4.69) is 23.3 Å². The largest absolute Gasteiger partial charge is 0.368 e. The van der Waals surface area contributed by atoms with Gasteiger partial charge < -0.3 is 16.4 Å². The van der Waals surface area contributed by atoms with Crippen molar-refractivity contribution in [3.8, 4) is 0 Å². The topological polar surface area (TPSA) is 101 Å². The maximum Gasteiger partial charge on any atom is 0.244 e. The fourth-order valence-corrected chi connectivity index (χ4v) is 1.52. The lowest BCUT2D eigenvalue weighted by Gasteiger charge is -2.22. The molecule has 0 saturated heterocycles. The fourth-order valence-electron chi connectivity index (χ4n) is 1.26. The van der Waals surface area contributed by atoms with Crippen LogP contribution in [0.15, 0.2) is 0 Å². The van der Waals surface area contributed by atoms with Gasteiger partial charge in [-0.15, -0.1) is 0 Å². The minimum absolute atomic E-state index is 0.116. The van der Waals surface area contributed by atoms with Gasteiger partial charge in [0.15, 0.2) is 0 Å². The Kier molecular flexibility index (Phi) is 6.64. The Morgan fingerprint density at radius 2 is 1.76 bits per heavy atom. The lowest BCUT2D eigenvalue weighted by molar-refractivity contribution is -0.131. The third-order valence-electron chi connectivity index (χ3n) is 2.15. The molecule has 17 heavy (non-hydrogen) atoms. The maximum atomic E-state index is 11.7. The van der Waals surface area contributed by atoms with Crippen molar-refractivity contribution < 1.29 is 14.4 Å². The summed E-state index contributed by atoms with van der Waals surface area (Å²) in [7, 11) is 0. The third kappa shape index (κ3) is 5.58. The number of primary amides is 1. The second-order valence-electron chi connectivity index (χ2n) is 4.07. The molecule has 0 aromatic carbocycles. The first-order valence-electron chi connectivity index (χ1n) is 5.27.